The zero-order valence-electron chi connectivity index (χ0n) is 11.9. The number of aryl methyl sites for hydroxylation is 2. The summed E-state index contributed by atoms with van der Waals surface area (Å²) < 4.78 is 0.817. The molecular weight excluding hydrogens is 316 g/mol. The van der Waals surface area contributed by atoms with Gasteiger partial charge in [0.05, 0.1) is 17.8 Å². The van der Waals surface area contributed by atoms with Crippen LogP contribution in [0.4, 0.5) is 0 Å². The van der Waals surface area contributed by atoms with Crippen LogP contribution < -0.4 is 0 Å². The van der Waals surface area contributed by atoms with Gasteiger partial charge in [-0.2, -0.15) is 0 Å². The van der Waals surface area contributed by atoms with Crippen LogP contribution in [0.5, 0.6) is 0 Å². The summed E-state index contributed by atoms with van der Waals surface area (Å²) in [6.45, 7) is 4.43. The number of nitrogens with zero attached hydrogens (tertiary/aromatic N) is 2. The summed E-state index contributed by atoms with van der Waals surface area (Å²) in [6, 6.07) is 11.6. The average Bonchev–Trinajstić information content (AvgIpc) is 2.40. The van der Waals surface area contributed by atoms with Gasteiger partial charge in [0.2, 0.25) is 0 Å². The van der Waals surface area contributed by atoms with Gasteiger partial charge in [0.1, 0.15) is 0 Å². The molecule has 0 aliphatic carbocycles. The SMILES string of the molecule is Cc1ccc(Br)c(C(=O)N(C)Cc2cccc(C)n2)c1. The molecule has 20 heavy (non-hydrogen) atoms. The second-order valence-corrected chi connectivity index (χ2v) is 5.77. The van der Waals surface area contributed by atoms with E-state index in [4.69, 9.17) is 0 Å². The van der Waals surface area contributed by atoms with Crippen LogP contribution in [-0.2, 0) is 6.54 Å². The highest BCUT2D eigenvalue weighted by Gasteiger charge is 2.15. The zero-order chi connectivity index (χ0) is 14.7. The van der Waals surface area contributed by atoms with Gasteiger partial charge in [0, 0.05) is 17.2 Å². The summed E-state index contributed by atoms with van der Waals surface area (Å²) in [5.74, 6) is -0.0103. The Morgan fingerprint density at radius 1 is 1.25 bits per heavy atom. The van der Waals surface area contributed by atoms with Gasteiger partial charge < -0.3 is 4.90 Å². The maximum Gasteiger partial charge on any atom is 0.255 e. The molecule has 0 aliphatic heterocycles. The largest absolute Gasteiger partial charge is 0.336 e. The van der Waals surface area contributed by atoms with Crippen LogP contribution in [0.15, 0.2) is 40.9 Å². The van der Waals surface area contributed by atoms with E-state index in [-0.39, 0.29) is 5.91 Å². The lowest BCUT2D eigenvalue weighted by Crippen LogP contribution is -2.27. The summed E-state index contributed by atoms with van der Waals surface area (Å²) in [6.07, 6.45) is 0. The number of pyridine rings is 1. The number of hydrogen-bond acceptors (Lipinski definition) is 2. The lowest BCUT2D eigenvalue weighted by Gasteiger charge is -2.18. The highest BCUT2D eigenvalue weighted by atomic mass is 79.9. The Morgan fingerprint density at radius 2 is 2.00 bits per heavy atom. The fourth-order valence-corrected chi connectivity index (χ4v) is 2.43. The van der Waals surface area contributed by atoms with Gasteiger partial charge in [-0.3, -0.25) is 9.78 Å². The van der Waals surface area contributed by atoms with Crippen molar-refractivity contribution in [1.29, 1.82) is 0 Å². The zero-order valence-corrected chi connectivity index (χ0v) is 13.4. The number of hydrogen-bond donors (Lipinski definition) is 0. The molecule has 0 aliphatic rings. The van der Waals surface area contributed by atoms with Crippen molar-refractivity contribution in [2.75, 3.05) is 7.05 Å². The first-order chi connectivity index (χ1) is 9.47. The maximum absolute atomic E-state index is 12.5. The Kier molecular flexibility index (Phi) is 4.55. The van der Waals surface area contributed by atoms with Gasteiger partial charge in [-0.05, 0) is 54.0 Å². The number of benzene rings is 1. The molecule has 0 N–H and O–H groups in total. The predicted molar refractivity (Wildman–Crippen MR) is 83.7 cm³/mol. The van der Waals surface area contributed by atoms with Gasteiger partial charge in [-0.25, -0.2) is 0 Å². The van der Waals surface area contributed by atoms with Crippen LogP contribution in [-0.4, -0.2) is 22.8 Å². The van der Waals surface area contributed by atoms with E-state index in [1.807, 2.05) is 50.2 Å². The van der Waals surface area contributed by atoms with E-state index in [0.717, 1.165) is 21.4 Å². The van der Waals surface area contributed by atoms with Crippen LogP contribution in [0.2, 0.25) is 0 Å². The van der Waals surface area contributed by atoms with E-state index < -0.39 is 0 Å². The number of halogens is 1. The monoisotopic (exact) mass is 332 g/mol. The molecule has 3 nitrogen and oxygen atoms in total. The molecule has 2 rings (SSSR count). The minimum absolute atomic E-state index is 0.0103. The normalized spacial score (nSPS) is 10.4. The van der Waals surface area contributed by atoms with Crippen LogP contribution in [0, 0.1) is 13.8 Å². The molecule has 1 amide bonds. The van der Waals surface area contributed by atoms with Crippen LogP contribution in [0.1, 0.15) is 27.3 Å². The van der Waals surface area contributed by atoms with E-state index in [1.54, 1.807) is 11.9 Å². The van der Waals surface area contributed by atoms with Crippen molar-refractivity contribution < 1.29 is 4.79 Å². The van der Waals surface area contributed by atoms with Crippen molar-refractivity contribution in [3.63, 3.8) is 0 Å². The number of amides is 1. The van der Waals surface area contributed by atoms with Gasteiger partial charge in [-0.1, -0.05) is 17.7 Å². The van der Waals surface area contributed by atoms with Crippen LogP contribution in [0.3, 0.4) is 0 Å². The molecule has 1 aromatic carbocycles. The van der Waals surface area contributed by atoms with E-state index in [9.17, 15) is 4.79 Å². The number of aromatic nitrogens is 1. The lowest BCUT2D eigenvalue weighted by atomic mass is 10.1. The molecule has 4 heteroatoms. The molecule has 0 saturated carbocycles. The quantitative estimate of drug-likeness (QED) is 0.857. The molecule has 0 radical (unpaired) electrons. The second kappa shape index (κ2) is 6.18. The number of rotatable bonds is 3. The van der Waals surface area contributed by atoms with Gasteiger partial charge in [-0.15, -0.1) is 0 Å². The van der Waals surface area contributed by atoms with Crippen molar-refractivity contribution in [2.24, 2.45) is 0 Å². The smallest absolute Gasteiger partial charge is 0.255 e. The fraction of sp³-hybridized carbons (Fsp3) is 0.250. The Morgan fingerprint density at radius 3 is 2.70 bits per heavy atom. The van der Waals surface area contributed by atoms with E-state index in [2.05, 4.69) is 20.9 Å². The molecule has 104 valence electrons. The molecule has 0 unspecified atom stereocenters. The standard InChI is InChI=1S/C16H17BrN2O/c1-11-7-8-15(17)14(9-11)16(20)19(3)10-13-6-4-5-12(2)18-13/h4-9H,10H2,1-3H3. The molecule has 0 saturated heterocycles. The summed E-state index contributed by atoms with van der Waals surface area (Å²) >= 11 is 3.43. The van der Waals surface area contributed by atoms with E-state index in [0.29, 0.717) is 12.1 Å². The highest BCUT2D eigenvalue weighted by Crippen LogP contribution is 2.20. The number of carbonyl (C=O) groups is 1. The van der Waals surface area contributed by atoms with Gasteiger partial charge in [0.25, 0.3) is 5.91 Å². The molecule has 1 aromatic heterocycles. The Bertz CT molecular complexity index is 640. The van der Waals surface area contributed by atoms with Gasteiger partial charge in [0.15, 0.2) is 0 Å². The van der Waals surface area contributed by atoms with Gasteiger partial charge >= 0.3 is 0 Å². The molecule has 0 fully saturated rings. The van der Waals surface area contributed by atoms with E-state index in [1.165, 1.54) is 0 Å². The van der Waals surface area contributed by atoms with Crippen molar-refractivity contribution in [3.05, 3.63) is 63.4 Å². The molecule has 0 atom stereocenters. The first-order valence-electron chi connectivity index (χ1n) is 6.41. The Balaban J connectivity index is 2.18. The lowest BCUT2D eigenvalue weighted by molar-refractivity contribution is 0.0782. The molecule has 0 bridgehead atoms. The van der Waals surface area contributed by atoms with Crippen molar-refractivity contribution >= 4 is 21.8 Å². The topological polar surface area (TPSA) is 33.2 Å². The minimum Gasteiger partial charge on any atom is -0.336 e. The van der Waals surface area contributed by atoms with Crippen LogP contribution in [0.25, 0.3) is 0 Å². The first-order valence-corrected chi connectivity index (χ1v) is 7.21. The summed E-state index contributed by atoms with van der Waals surface area (Å²) in [5.41, 5.74) is 3.60. The number of carbonyl (C=O) groups excluding carboxylic acids is 1. The molecule has 1 heterocycles. The van der Waals surface area contributed by atoms with E-state index >= 15 is 0 Å². The third kappa shape index (κ3) is 3.45. The Hall–Kier alpha value is -1.68. The fourth-order valence-electron chi connectivity index (χ4n) is 2.01. The molecular formula is C16H17BrN2O. The third-order valence-corrected chi connectivity index (χ3v) is 3.74. The highest BCUT2D eigenvalue weighted by molar-refractivity contribution is 9.10. The molecule has 2 aromatic rings. The summed E-state index contributed by atoms with van der Waals surface area (Å²) in [7, 11) is 1.79. The summed E-state index contributed by atoms with van der Waals surface area (Å²) in [5, 5.41) is 0. The van der Waals surface area contributed by atoms with Crippen LogP contribution >= 0.6 is 15.9 Å². The Labute approximate surface area is 127 Å². The van der Waals surface area contributed by atoms with Crippen molar-refractivity contribution in [2.45, 2.75) is 20.4 Å². The average molecular weight is 333 g/mol. The van der Waals surface area contributed by atoms with Crippen molar-refractivity contribution in [3.8, 4) is 0 Å². The first kappa shape index (κ1) is 14.7. The second-order valence-electron chi connectivity index (χ2n) is 4.91. The minimum atomic E-state index is -0.0103. The molecule has 0 spiro atoms. The predicted octanol–water partition coefficient (Wildman–Crippen LogP) is 3.73. The van der Waals surface area contributed by atoms with Crippen molar-refractivity contribution in [1.82, 2.24) is 9.88 Å². The third-order valence-electron chi connectivity index (χ3n) is 3.04. The summed E-state index contributed by atoms with van der Waals surface area (Å²) in [4.78, 5) is 18.6. The maximum atomic E-state index is 12.5.